The van der Waals surface area contributed by atoms with Gasteiger partial charge in [0.15, 0.2) is 0 Å². The minimum atomic E-state index is -1.09. The van der Waals surface area contributed by atoms with Gasteiger partial charge in [0, 0.05) is 0 Å². The van der Waals surface area contributed by atoms with Gasteiger partial charge in [0.05, 0.1) is 11.5 Å². The molecule has 0 spiro atoms. The van der Waals surface area contributed by atoms with Crippen LogP contribution < -0.4 is 0 Å². The quantitative estimate of drug-likeness (QED) is 0.707. The Kier molecular flexibility index (Phi) is 5.56. The van der Waals surface area contributed by atoms with Gasteiger partial charge in [0.2, 0.25) is 4.45 Å². The molecule has 0 radical (unpaired) electrons. The zero-order valence-corrected chi connectivity index (χ0v) is 7.48. The minimum absolute atomic E-state index is 0.328. The molecule has 0 atom stereocenters. The van der Waals surface area contributed by atoms with Gasteiger partial charge >= 0.3 is 11.9 Å². The number of carbonyl (C=O) groups is 3. The summed E-state index contributed by atoms with van der Waals surface area (Å²) in [6.07, 6.45) is 0. The highest BCUT2D eigenvalue weighted by atomic mass is 32.2. The molecule has 2 N–H and O–H groups in total. The van der Waals surface area contributed by atoms with Crippen molar-refractivity contribution in [2.75, 3.05) is 11.5 Å². The van der Waals surface area contributed by atoms with Crippen molar-refractivity contribution >= 4 is 39.9 Å². The van der Waals surface area contributed by atoms with E-state index in [0.717, 1.165) is 0 Å². The zero-order valence-electron chi connectivity index (χ0n) is 5.85. The Balaban J connectivity index is 3.47. The molecule has 12 heavy (non-hydrogen) atoms. The molecule has 7 heteroatoms. The number of carbonyl (C=O) groups excluding carboxylic acids is 1. The molecule has 0 heterocycles. The van der Waals surface area contributed by atoms with Crippen molar-refractivity contribution in [3.05, 3.63) is 0 Å². The summed E-state index contributed by atoms with van der Waals surface area (Å²) in [7, 11) is 0. The van der Waals surface area contributed by atoms with Crippen LogP contribution in [0.15, 0.2) is 0 Å². The second-order valence-corrected chi connectivity index (χ2v) is 3.77. The molecule has 0 aliphatic rings. The van der Waals surface area contributed by atoms with E-state index in [4.69, 9.17) is 10.2 Å². The van der Waals surface area contributed by atoms with E-state index in [9.17, 15) is 14.4 Å². The van der Waals surface area contributed by atoms with E-state index in [2.05, 4.69) is 0 Å². The molecule has 0 unspecified atom stereocenters. The summed E-state index contributed by atoms with van der Waals surface area (Å²) in [5, 5.41) is 16.3. The first-order chi connectivity index (χ1) is 5.52. The lowest BCUT2D eigenvalue weighted by atomic mass is 10.8. The SMILES string of the molecule is O=C(O)CSC(=O)SCC(=O)O. The van der Waals surface area contributed by atoms with Crippen molar-refractivity contribution < 1.29 is 24.6 Å². The second-order valence-electron chi connectivity index (χ2n) is 1.61. The van der Waals surface area contributed by atoms with E-state index in [1.54, 1.807) is 0 Å². The van der Waals surface area contributed by atoms with Crippen LogP contribution in [0.25, 0.3) is 0 Å². The third-order valence-electron chi connectivity index (χ3n) is 0.627. The molecule has 0 aromatic carbocycles. The summed E-state index contributed by atoms with van der Waals surface area (Å²) in [5.74, 6) is -2.84. The van der Waals surface area contributed by atoms with Crippen LogP contribution in [0.4, 0.5) is 4.79 Å². The molecular formula is C5H6O5S2. The standard InChI is InChI=1S/C5H6O5S2/c6-3(7)1-11-5(10)12-2-4(8)9/h1-2H2,(H,6,7)(H,8,9). The monoisotopic (exact) mass is 210 g/mol. The average Bonchev–Trinajstić information content (AvgIpc) is 1.96. The van der Waals surface area contributed by atoms with Gasteiger partial charge in [-0.25, -0.2) is 0 Å². The third kappa shape index (κ3) is 7.42. The molecule has 5 nitrogen and oxygen atoms in total. The summed E-state index contributed by atoms with van der Waals surface area (Å²) in [5.41, 5.74) is 0. The first-order valence-corrected chi connectivity index (χ1v) is 4.72. The predicted molar refractivity (Wildman–Crippen MR) is 45.6 cm³/mol. The first-order valence-electron chi connectivity index (χ1n) is 2.75. The smallest absolute Gasteiger partial charge is 0.313 e. The van der Waals surface area contributed by atoms with Gasteiger partial charge in [-0.2, -0.15) is 0 Å². The van der Waals surface area contributed by atoms with E-state index in [0.29, 0.717) is 23.5 Å². The third-order valence-corrected chi connectivity index (χ3v) is 2.59. The Bertz CT molecular complexity index is 182. The van der Waals surface area contributed by atoms with Gasteiger partial charge < -0.3 is 10.2 Å². The normalized spacial score (nSPS) is 9.33. The highest BCUT2D eigenvalue weighted by molar-refractivity contribution is 8.38. The van der Waals surface area contributed by atoms with Crippen molar-refractivity contribution in [1.82, 2.24) is 0 Å². The molecule has 0 saturated carbocycles. The van der Waals surface area contributed by atoms with E-state index in [-0.39, 0.29) is 11.5 Å². The van der Waals surface area contributed by atoms with Crippen molar-refractivity contribution in [2.24, 2.45) is 0 Å². The number of rotatable bonds is 4. The summed E-state index contributed by atoms with van der Waals surface area (Å²) < 4.78 is -0.486. The molecular weight excluding hydrogens is 204 g/mol. The van der Waals surface area contributed by atoms with Crippen LogP contribution in [0.3, 0.4) is 0 Å². The summed E-state index contributed by atoms with van der Waals surface area (Å²) >= 11 is 1.18. The Hall–Kier alpha value is -0.690. The van der Waals surface area contributed by atoms with Crippen molar-refractivity contribution in [1.29, 1.82) is 0 Å². The largest absolute Gasteiger partial charge is 0.481 e. The molecule has 0 aromatic heterocycles. The minimum Gasteiger partial charge on any atom is -0.481 e. The maximum absolute atomic E-state index is 10.7. The zero-order chi connectivity index (χ0) is 9.56. The molecule has 0 saturated heterocycles. The van der Waals surface area contributed by atoms with Crippen LogP contribution in [0.1, 0.15) is 0 Å². The Morgan fingerprint density at radius 3 is 1.50 bits per heavy atom. The average molecular weight is 210 g/mol. The van der Waals surface area contributed by atoms with Crippen LogP contribution in [0.5, 0.6) is 0 Å². The van der Waals surface area contributed by atoms with Crippen LogP contribution >= 0.6 is 23.5 Å². The number of carboxylic acid groups (broad SMARTS) is 2. The second kappa shape index (κ2) is 5.90. The topological polar surface area (TPSA) is 91.7 Å². The van der Waals surface area contributed by atoms with Crippen LogP contribution in [-0.4, -0.2) is 38.1 Å². The van der Waals surface area contributed by atoms with Crippen molar-refractivity contribution in [2.45, 2.75) is 0 Å². The molecule has 0 aliphatic heterocycles. The van der Waals surface area contributed by atoms with Crippen LogP contribution in [0.2, 0.25) is 0 Å². The fourth-order valence-electron chi connectivity index (χ4n) is 0.283. The lowest BCUT2D eigenvalue weighted by molar-refractivity contribution is -0.134. The molecule has 0 amide bonds. The summed E-state index contributed by atoms with van der Waals surface area (Å²) in [6, 6.07) is 0. The van der Waals surface area contributed by atoms with Crippen LogP contribution in [-0.2, 0) is 9.59 Å². The molecule has 0 bridgehead atoms. The fraction of sp³-hybridized carbons (Fsp3) is 0.400. The number of hydrogen-bond donors (Lipinski definition) is 2. The van der Waals surface area contributed by atoms with E-state index < -0.39 is 16.4 Å². The lowest BCUT2D eigenvalue weighted by Gasteiger charge is -1.93. The van der Waals surface area contributed by atoms with E-state index >= 15 is 0 Å². The lowest BCUT2D eigenvalue weighted by Crippen LogP contribution is -2.03. The molecule has 0 aromatic rings. The Labute approximate surface area is 76.5 Å². The maximum atomic E-state index is 10.7. The number of thioether (sulfide) groups is 2. The highest BCUT2D eigenvalue weighted by Crippen LogP contribution is 2.15. The number of carboxylic acids is 2. The number of hydrogen-bond acceptors (Lipinski definition) is 5. The summed E-state index contributed by atoms with van der Waals surface area (Å²) in [6.45, 7) is 0. The van der Waals surface area contributed by atoms with Gasteiger partial charge in [-0.1, -0.05) is 23.5 Å². The van der Waals surface area contributed by atoms with E-state index in [1.807, 2.05) is 0 Å². The molecule has 0 aliphatic carbocycles. The molecule has 68 valence electrons. The molecule has 0 rings (SSSR count). The fourth-order valence-corrected chi connectivity index (χ4v) is 1.45. The van der Waals surface area contributed by atoms with Gasteiger partial charge in [0.1, 0.15) is 0 Å². The van der Waals surface area contributed by atoms with E-state index in [1.165, 1.54) is 0 Å². The first kappa shape index (κ1) is 11.3. The maximum Gasteiger partial charge on any atom is 0.313 e. The summed E-state index contributed by atoms with van der Waals surface area (Å²) in [4.78, 5) is 30.5. The van der Waals surface area contributed by atoms with Crippen molar-refractivity contribution in [3.8, 4) is 0 Å². The highest BCUT2D eigenvalue weighted by Gasteiger charge is 2.08. The van der Waals surface area contributed by atoms with Gasteiger partial charge in [-0.15, -0.1) is 0 Å². The number of aliphatic carboxylic acids is 2. The Morgan fingerprint density at radius 2 is 1.25 bits per heavy atom. The van der Waals surface area contributed by atoms with Crippen molar-refractivity contribution in [3.63, 3.8) is 0 Å². The predicted octanol–water partition coefficient (Wildman–Crippen LogP) is 0.742. The van der Waals surface area contributed by atoms with Gasteiger partial charge in [-0.05, 0) is 0 Å². The molecule has 0 fully saturated rings. The van der Waals surface area contributed by atoms with Crippen LogP contribution in [0, 0.1) is 0 Å². The van der Waals surface area contributed by atoms with Gasteiger partial charge in [0.25, 0.3) is 0 Å². The Morgan fingerprint density at radius 1 is 0.917 bits per heavy atom. The van der Waals surface area contributed by atoms with Gasteiger partial charge in [-0.3, -0.25) is 14.4 Å².